The van der Waals surface area contributed by atoms with Gasteiger partial charge in [-0.1, -0.05) is 60.7 Å². The van der Waals surface area contributed by atoms with Gasteiger partial charge in [0, 0.05) is 6.42 Å². The van der Waals surface area contributed by atoms with Gasteiger partial charge in [0.1, 0.15) is 12.6 Å². The van der Waals surface area contributed by atoms with E-state index in [-0.39, 0.29) is 18.3 Å². The lowest BCUT2D eigenvalue weighted by atomic mass is 9.86. The molecular formula is C19H19NO3. The molecule has 1 aliphatic rings. The molecule has 1 aliphatic heterocycles. The maximum atomic E-state index is 12.5. The molecule has 2 unspecified atom stereocenters. The van der Waals surface area contributed by atoms with Crippen LogP contribution in [0, 0.1) is 0 Å². The number of carbonyl (C=O) groups is 2. The number of hydrogen-bond acceptors (Lipinski definition) is 3. The molecule has 3 rings (SSSR count). The van der Waals surface area contributed by atoms with E-state index in [0.29, 0.717) is 6.42 Å². The van der Waals surface area contributed by atoms with Crippen molar-refractivity contribution in [3.05, 3.63) is 71.8 Å². The molecular weight excluding hydrogens is 290 g/mol. The Hall–Kier alpha value is -2.62. The number of amides is 1. The van der Waals surface area contributed by atoms with E-state index in [0.717, 1.165) is 12.0 Å². The second-order valence-electron chi connectivity index (χ2n) is 5.76. The molecule has 0 aromatic heterocycles. The number of rotatable bonds is 6. The molecule has 23 heavy (non-hydrogen) atoms. The molecule has 1 fully saturated rings. The fourth-order valence-corrected chi connectivity index (χ4v) is 2.87. The van der Waals surface area contributed by atoms with Crippen LogP contribution in [0.2, 0.25) is 0 Å². The summed E-state index contributed by atoms with van der Waals surface area (Å²) >= 11 is 0. The van der Waals surface area contributed by atoms with E-state index >= 15 is 0 Å². The molecule has 0 bridgehead atoms. The first-order valence-corrected chi connectivity index (χ1v) is 7.77. The van der Waals surface area contributed by atoms with Gasteiger partial charge in [-0.3, -0.25) is 4.79 Å². The van der Waals surface area contributed by atoms with E-state index < -0.39 is 12.1 Å². The molecule has 2 atom stereocenters. The Morgan fingerprint density at radius 3 is 2.35 bits per heavy atom. The molecule has 1 N–H and O–H groups in total. The van der Waals surface area contributed by atoms with E-state index in [1.807, 2.05) is 48.5 Å². The standard InChI is InChI=1S/C19H19NO3/c21-18(17-13-23-19(22)20-17)12-16(15-9-5-2-6-10-15)11-14-7-3-1-4-8-14/h1-10,16-17H,11-13H2,(H,20,22). The number of alkyl carbamates (subject to hydrolysis) is 1. The minimum absolute atomic E-state index is 0.0145. The van der Waals surface area contributed by atoms with Crippen molar-refractivity contribution in [1.82, 2.24) is 5.32 Å². The molecule has 1 saturated heterocycles. The molecule has 0 spiro atoms. The van der Waals surface area contributed by atoms with Gasteiger partial charge in [0.05, 0.1) is 0 Å². The molecule has 1 heterocycles. The van der Waals surface area contributed by atoms with E-state index in [1.54, 1.807) is 0 Å². The Bertz CT molecular complexity index is 670. The number of nitrogens with one attached hydrogen (secondary N) is 1. The molecule has 0 radical (unpaired) electrons. The van der Waals surface area contributed by atoms with E-state index in [9.17, 15) is 9.59 Å². The van der Waals surface area contributed by atoms with Gasteiger partial charge in [0.2, 0.25) is 0 Å². The van der Waals surface area contributed by atoms with Gasteiger partial charge in [-0.2, -0.15) is 0 Å². The van der Waals surface area contributed by atoms with Crippen molar-refractivity contribution in [2.75, 3.05) is 6.61 Å². The average molecular weight is 309 g/mol. The number of ether oxygens (including phenoxy) is 1. The van der Waals surface area contributed by atoms with Crippen molar-refractivity contribution < 1.29 is 14.3 Å². The van der Waals surface area contributed by atoms with Crippen molar-refractivity contribution in [2.24, 2.45) is 0 Å². The first-order chi connectivity index (χ1) is 11.2. The van der Waals surface area contributed by atoms with Gasteiger partial charge in [-0.15, -0.1) is 0 Å². The topological polar surface area (TPSA) is 55.4 Å². The number of carbonyl (C=O) groups excluding carboxylic acids is 2. The Labute approximate surface area is 135 Å². The molecule has 0 saturated carbocycles. The van der Waals surface area contributed by atoms with Crippen LogP contribution in [-0.2, 0) is 16.0 Å². The lowest BCUT2D eigenvalue weighted by Gasteiger charge is -2.18. The van der Waals surface area contributed by atoms with Gasteiger partial charge in [-0.05, 0) is 23.5 Å². The fourth-order valence-electron chi connectivity index (χ4n) is 2.87. The number of cyclic esters (lactones) is 1. The third kappa shape index (κ3) is 3.97. The third-order valence-corrected chi connectivity index (χ3v) is 4.11. The number of hydrogen-bond donors (Lipinski definition) is 1. The summed E-state index contributed by atoms with van der Waals surface area (Å²) < 4.78 is 4.82. The van der Waals surface area contributed by atoms with E-state index in [2.05, 4.69) is 17.4 Å². The maximum absolute atomic E-state index is 12.5. The smallest absolute Gasteiger partial charge is 0.407 e. The number of benzene rings is 2. The fraction of sp³-hybridized carbons (Fsp3) is 0.263. The molecule has 0 aliphatic carbocycles. The van der Waals surface area contributed by atoms with Crippen LogP contribution in [0.1, 0.15) is 23.5 Å². The van der Waals surface area contributed by atoms with Crippen LogP contribution in [0.25, 0.3) is 0 Å². The molecule has 2 aromatic rings. The van der Waals surface area contributed by atoms with Crippen molar-refractivity contribution in [1.29, 1.82) is 0 Å². The SMILES string of the molecule is O=C1NC(C(=O)CC(Cc2ccccc2)c2ccccc2)CO1. The van der Waals surface area contributed by atoms with Crippen molar-refractivity contribution in [2.45, 2.75) is 24.8 Å². The van der Waals surface area contributed by atoms with Gasteiger partial charge < -0.3 is 10.1 Å². The highest BCUT2D eigenvalue weighted by atomic mass is 16.6. The second-order valence-corrected chi connectivity index (χ2v) is 5.76. The van der Waals surface area contributed by atoms with Crippen LogP contribution in [0.5, 0.6) is 0 Å². The number of Topliss-reactive ketones (excluding diaryl/α,β-unsaturated/α-hetero) is 1. The lowest BCUT2D eigenvalue weighted by molar-refractivity contribution is -0.121. The Balaban J connectivity index is 1.75. The zero-order valence-electron chi connectivity index (χ0n) is 12.8. The summed E-state index contributed by atoms with van der Waals surface area (Å²) in [5, 5.41) is 2.56. The summed E-state index contributed by atoms with van der Waals surface area (Å²) in [6.07, 6.45) is 0.661. The van der Waals surface area contributed by atoms with Crippen molar-refractivity contribution >= 4 is 11.9 Å². The summed E-state index contributed by atoms with van der Waals surface area (Å²) in [5.74, 6) is 0.101. The Morgan fingerprint density at radius 1 is 1.09 bits per heavy atom. The normalized spacial score (nSPS) is 18.1. The van der Waals surface area contributed by atoms with Crippen LogP contribution in [0.15, 0.2) is 60.7 Å². The maximum Gasteiger partial charge on any atom is 0.407 e. The quantitative estimate of drug-likeness (QED) is 0.892. The van der Waals surface area contributed by atoms with Crippen molar-refractivity contribution in [3.63, 3.8) is 0 Å². The monoisotopic (exact) mass is 309 g/mol. The van der Waals surface area contributed by atoms with E-state index in [4.69, 9.17) is 4.74 Å². The van der Waals surface area contributed by atoms with Gasteiger partial charge in [0.25, 0.3) is 0 Å². The summed E-state index contributed by atoms with van der Waals surface area (Å²) in [6, 6.07) is 19.6. The largest absolute Gasteiger partial charge is 0.447 e. The zero-order valence-corrected chi connectivity index (χ0v) is 12.8. The first-order valence-electron chi connectivity index (χ1n) is 7.77. The van der Waals surface area contributed by atoms with Crippen LogP contribution in [-0.4, -0.2) is 24.5 Å². The van der Waals surface area contributed by atoms with Gasteiger partial charge in [-0.25, -0.2) is 4.79 Å². The van der Waals surface area contributed by atoms with Crippen LogP contribution < -0.4 is 5.32 Å². The molecule has 4 heteroatoms. The third-order valence-electron chi connectivity index (χ3n) is 4.11. The summed E-state index contributed by atoms with van der Waals surface area (Å²) in [5.41, 5.74) is 2.33. The summed E-state index contributed by atoms with van der Waals surface area (Å²) in [7, 11) is 0. The van der Waals surface area contributed by atoms with Gasteiger partial charge in [0.15, 0.2) is 5.78 Å². The van der Waals surface area contributed by atoms with Crippen LogP contribution >= 0.6 is 0 Å². The molecule has 118 valence electrons. The van der Waals surface area contributed by atoms with Crippen LogP contribution in [0.4, 0.5) is 4.79 Å². The predicted molar refractivity (Wildman–Crippen MR) is 87.2 cm³/mol. The van der Waals surface area contributed by atoms with Gasteiger partial charge >= 0.3 is 6.09 Å². The highest BCUT2D eigenvalue weighted by Gasteiger charge is 2.30. The highest BCUT2D eigenvalue weighted by molar-refractivity contribution is 5.90. The first kappa shape index (κ1) is 15.3. The molecule has 1 amide bonds. The lowest BCUT2D eigenvalue weighted by Crippen LogP contribution is -2.35. The second kappa shape index (κ2) is 7.09. The van der Waals surface area contributed by atoms with E-state index in [1.165, 1.54) is 5.56 Å². The Morgan fingerprint density at radius 2 is 1.74 bits per heavy atom. The minimum atomic E-state index is -0.524. The van der Waals surface area contributed by atoms with Crippen LogP contribution in [0.3, 0.4) is 0 Å². The predicted octanol–water partition coefficient (Wildman–Crippen LogP) is 3.08. The Kier molecular flexibility index (Phi) is 4.71. The molecule has 2 aromatic carbocycles. The number of ketones is 1. The van der Waals surface area contributed by atoms with Crippen molar-refractivity contribution in [3.8, 4) is 0 Å². The summed E-state index contributed by atoms with van der Waals surface area (Å²) in [6.45, 7) is 0.129. The zero-order chi connectivity index (χ0) is 16.1. The molecule has 4 nitrogen and oxygen atoms in total. The highest BCUT2D eigenvalue weighted by Crippen LogP contribution is 2.25. The average Bonchev–Trinajstić information content (AvgIpc) is 3.03. The summed E-state index contributed by atoms with van der Waals surface area (Å²) in [4.78, 5) is 23.6. The minimum Gasteiger partial charge on any atom is -0.447 e.